The Hall–Kier alpha value is -0.710. The second-order valence-corrected chi connectivity index (χ2v) is 10.3. The Morgan fingerprint density at radius 3 is 2.79 bits per heavy atom. The van der Waals surface area contributed by atoms with Gasteiger partial charge in [0.25, 0.3) is 0 Å². The molecule has 5 nitrogen and oxygen atoms in total. The van der Waals surface area contributed by atoms with E-state index in [-0.39, 0.29) is 6.61 Å². The van der Waals surface area contributed by atoms with Gasteiger partial charge in [-0.25, -0.2) is 4.57 Å². The third-order valence-electron chi connectivity index (χ3n) is 6.66. The van der Waals surface area contributed by atoms with E-state index in [1.54, 1.807) is 0 Å². The summed E-state index contributed by atoms with van der Waals surface area (Å²) in [6.07, 6.45) is 12.8. The molecule has 0 heterocycles. The summed E-state index contributed by atoms with van der Waals surface area (Å²) in [4.78, 5) is 17.9. The highest BCUT2D eigenvalue weighted by Crippen LogP contribution is 2.44. The summed E-state index contributed by atoms with van der Waals surface area (Å²) in [5, 5.41) is 0. The lowest BCUT2D eigenvalue weighted by molar-refractivity contribution is 0.153. The zero-order valence-electron chi connectivity index (χ0n) is 17.1. The molecular formula is C22H36NO4P. The molecule has 3 rings (SSSR count). The molecule has 0 bridgehead atoms. The van der Waals surface area contributed by atoms with E-state index in [1.807, 2.05) is 0 Å². The Morgan fingerprint density at radius 2 is 2.04 bits per heavy atom. The fourth-order valence-corrected chi connectivity index (χ4v) is 5.42. The number of hydrogen-bond acceptors (Lipinski definition) is 3. The van der Waals surface area contributed by atoms with E-state index in [2.05, 4.69) is 25.1 Å². The summed E-state index contributed by atoms with van der Waals surface area (Å²) in [5.74, 6) is 1.19. The predicted octanol–water partition coefficient (Wildman–Crippen LogP) is 4.84. The van der Waals surface area contributed by atoms with Crippen molar-refractivity contribution in [1.29, 1.82) is 0 Å². The van der Waals surface area contributed by atoms with Gasteiger partial charge in [0.15, 0.2) is 0 Å². The first-order chi connectivity index (χ1) is 13.3. The Labute approximate surface area is 169 Å². The van der Waals surface area contributed by atoms with Crippen molar-refractivity contribution in [3.8, 4) is 0 Å². The summed E-state index contributed by atoms with van der Waals surface area (Å²) < 4.78 is 15.7. The molecule has 0 unspecified atom stereocenters. The molecule has 2 aliphatic rings. The lowest BCUT2D eigenvalue weighted by Crippen LogP contribution is -2.41. The monoisotopic (exact) mass is 409 g/mol. The minimum Gasteiger partial charge on any atom is -0.323 e. The average Bonchev–Trinajstić information content (AvgIpc) is 3.05. The maximum atomic E-state index is 11.0. The number of unbranched alkanes of at least 4 members (excludes halogenated alkanes) is 3. The first-order valence-corrected chi connectivity index (χ1v) is 12.4. The largest absolute Gasteiger partial charge is 0.469 e. The number of aryl methyl sites for hydroxylation is 1. The van der Waals surface area contributed by atoms with Crippen LogP contribution in [-0.4, -0.2) is 21.9 Å². The number of phosphoric acid groups is 1. The van der Waals surface area contributed by atoms with Crippen molar-refractivity contribution in [1.82, 2.24) is 0 Å². The van der Waals surface area contributed by atoms with Crippen LogP contribution in [0, 0.1) is 5.92 Å². The van der Waals surface area contributed by atoms with Crippen LogP contribution >= 0.6 is 7.82 Å². The van der Waals surface area contributed by atoms with Crippen LogP contribution in [0.3, 0.4) is 0 Å². The molecule has 6 heteroatoms. The second kappa shape index (κ2) is 9.40. The van der Waals surface area contributed by atoms with Crippen LogP contribution in [0.2, 0.25) is 0 Å². The molecule has 1 aromatic carbocycles. The molecule has 1 aromatic rings. The van der Waals surface area contributed by atoms with Crippen molar-refractivity contribution in [3.05, 3.63) is 34.9 Å². The van der Waals surface area contributed by atoms with Crippen LogP contribution in [0.15, 0.2) is 18.2 Å². The van der Waals surface area contributed by atoms with E-state index in [0.29, 0.717) is 12.3 Å². The minimum absolute atomic E-state index is 0.0849. The molecular weight excluding hydrogens is 373 g/mol. The van der Waals surface area contributed by atoms with Crippen LogP contribution in [-0.2, 0) is 21.9 Å². The van der Waals surface area contributed by atoms with E-state index in [1.165, 1.54) is 68.1 Å². The van der Waals surface area contributed by atoms with Crippen LogP contribution in [0.25, 0.3) is 0 Å². The molecule has 158 valence electrons. The summed E-state index contributed by atoms with van der Waals surface area (Å²) in [6, 6.07) is 6.92. The third kappa shape index (κ3) is 6.14. The number of fused-ring (bicyclic) bond motifs is 1. The van der Waals surface area contributed by atoms with E-state index < -0.39 is 13.4 Å². The van der Waals surface area contributed by atoms with Crippen molar-refractivity contribution >= 4 is 7.82 Å². The maximum absolute atomic E-state index is 11.0. The van der Waals surface area contributed by atoms with Gasteiger partial charge in [-0.05, 0) is 67.1 Å². The van der Waals surface area contributed by atoms with Crippen LogP contribution in [0.1, 0.15) is 87.3 Å². The molecule has 0 spiro atoms. The third-order valence-corrected chi connectivity index (χ3v) is 7.13. The fourth-order valence-electron chi connectivity index (χ4n) is 5.00. The van der Waals surface area contributed by atoms with E-state index in [4.69, 9.17) is 20.0 Å². The average molecular weight is 410 g/mol. The highest BCUT2D eigenvalue weighted by molar-refractivity contribution is 7.46. The van der Waals surface area contributed by atoms with Crippen molar-refractivity contribution in [2.75, 3.05) is 6.61 Å². The normalized spacial score (nSPS) is 27.7. The zero-order chi connectivity index (χ0) is 20.2. The SMILES string of the molecule is CCCCCC[C@H]1CCc2cc([C@@H]3CC[C@@](N)(COP(=O)(O)O)C3)ccc2C1. The molecule has 1 saturated carbocycles. The fraction of sp³-hybridized carbons (Fsp3) is 0.727. The van der Waals surface area contributed by atoms with Gasteiger partial charge in [0.2, 0.25) is 0 Å². The molecule has 0 aromatic heterocycles. The molecule has 1 fully saturated rings. The van der Waals surface area contributed by atoms with Crippen molar-refractivity contribution < 1.29 is 18.9 Å². The molecule has 0 radical (unpaired) electrons. The molecule has 4 N–H and O–H groups in total. The van der Waals surface area contributed by atoms with Gasteiger partial charge >= 0.3 is 7.82 Å². The molecule has 0 saturated heterocycles. The predicted molar refractivity (Wildman–Crippen MR) is 112 cm³/mol. The van der Waals surface area contributed by atoms with Gasteiger partial charge in [0, 0.05) is 5.54 Å². The van der Waals surface area contributed by atoms with Gasteiger partial charge in [0.1, 0.15) is 0 Å². The Bertz CT molecular complexity index is 704. The Balaban J connectivity index is 1.56. The van der Waals surface area contributed by atoms with Crippen LogP contribution < -0.4 is 5.73 Å². The van der Waals surface area contributed by atoms with Gasteiger partial charge in [-0.15, -0.1) is 0 Å². The van der Waals surface area contributed by atoms with Crippen molar-refractivity contribution in [2.45, 2.75) is 89.0 Å². The highest BCUT2D eigenvalue weighted by atomic mass is 31.2. The van der Waals surface area contributed by atoms with E-state index in [9.17, 15) is 4.57 Å². The van der Waals surface area contributed by atoms with E-state index >= 15 is 0 Å². The Morgan fingerprint density at radius 1 is 1.21 bits per heavy atom. The Kier molecular flexibility index (Phi) is 7.38. The van der Waals surface area contributed by atoms with Crippen LogP contribution in [0.4, 0.5) is 0 Å². The number of rotatable bonds is 9. The molecule has 3 atom stereocenters. The summed E-state index contributed by atoms with van der Waals surface area (Å²) in [5.41, 5.74) is 10.0. The second-order valence-electron chi connectivity index (χ2n) is 9.05. The number of phosphoric ester groups is 1. The van der Waals surface area contributed by atoms with Gasteiger partial charge in [-0.2, -0.15) is 0 Å². The zero-order valence-corrected chi connectivity index (χ0v) is 18.0. The quantitative estimate of drug-likeness (QED) is 0.401. The highest BCUT2D eigenvalue weighted by Gasteiger charge is 2.38. The first-order valence-electron chi connectivity index (χ1n) is 10.9. The summed E-state index contributed by atoms with van der Waals surface area (Å²) >= 11 is 0. The maximum Gasteiger partial charge on any atom is 0.469 e. The van der Waals surface area contributed by atoms with E-state index in [0.717, 1.165) is 18.8 Å². The topological polar surface area (TPSA) is 92.8 Å². The van der Waals surface area contributed by atoms with Gasteiger partial charge in [0.05, 0.1) is 6.61 Å². The smallest absolute Gasteiger partial charge is 0.323 e. The molecule has 0 amide bonds. The summed E-state index contributed by atoms with van der Waals surface area (Å²) in [6.45, 7) is 2.18. The number of benzene rings is 1. The van der Waals surface area contributed by atoms with Crippen molar-refractivity contribution in [3.63, 3.8) is 0 Å². The minimum atomic E-state index is -4.47. The van der Waals surface area contributed by atoms with Gasteiger partial charge in [-0.1, -0.05) is 57.2 Å². The van der Waals surface area contributed by atoms with Crippen LogP contribution in [0.5, 0.6) is 0 Å². The number of hydrogen-bond donors (Lipinski definition) is 3. The molecule has 0 aliphatic heterocycles. The first kappa shape index (κ1) is 22.0. The molecule has 2 aliphatic carbocycles. The lowest BCUT2D eigenvalue weighted by atomic mass is 9.79. The van der Waals surface area contributed by atoms with Crippen molar-refractivity contribution in [2.24, 2.45) is 11.7 Å². The summed E-state index contributed by atoms with van der Waals surface area (Å²) in [7, 11) is -4.47. The van der Waals surface area contributed by atoms with Gasteiger partial charge in [-0.3, -0.25) is 4.52 Å². The number of nitrogens with two attached hydrogens (primary N) is 1. The standard InChI is InChI=1S/C22H36NO4P/c1-2-3-4-5-6-17-7-8-19-14-20(10-9-18(19)13-17)21-11-12-22(23,15-21)16-27-28(24,25)26/h9-10,14,17,21H,2-8,11-13,15-16,23H2,1H3,(H2,24,25,26)/t17-,21+,22-/m0/s1. The van der Waals surface area contributed by atoms with Gasteiger partial charge < -0.3 is 15.5 Å². The molecule has 28 heavy (non-hydrogen) atoms. The lowest BCUT2D eigenvalue weighted by Gasteiger charge is -2.27.